The molecule has 6 heteroatoms. The van der Waals surface area contributed by atoms with Gasteiger partial charge in [0.15, 0.2) is 0 Å². The first-order valence-electron chi connectivity index (χ1n) is 7.42. The second kappa shape index (κ2) is 5.99. The molecule has 1 saturated carbocycles. The molecule has 0 amide bonds. The number of rotatable bonds is 6. The van der Waals surface area contributed by atoms with E-state index in [1.54, 1.807) is 13.1 Å². The van der Waals surface area contributed by atoms with Crippen LogP contribution in [0.15, 0.2) is 16.3 Å². The van der Waals surface area contributed by atoms with Crippen LogP contribution in [0.5, 0.6) is 0 Å². The third kappa shape index (κ3) is 4.06. The number of nitrogens with one attached hydrogen (secondary N) is 1. The van der Waals surface area contributed by atoms with Crippen LogP contribution in [0.4, 0.5) is 0 Å². The summed E-state index contributed by atoms with van der Waals surface area (Å²) in [6.07, 6.45) is 2.48. The van der Waals surface area contributed by atoms with E-state index in [9.17, 15) is 8.42 Å². The Morgan fingerprint density at radius 2 is 2.00 bits per heavy atom. The van der Waals surface area contributed by atoms with E-state index >= 15 is 0 Å². The lowest BCUT2D eigenvalue weighted by atomic mass is 9.88. The van der Waals surface area contributed by atoms with Gasteiger partial charge in [-0.1, -0.05) is 20.8 Å². The van der Waals surface area contributed by atoms with Gasteiger partial charge in [-0.2, -0.15) is 4.31 Å². The highest BCUT2D eigenvalue weighted by Crippen LogP contribution is 2.31. The van der Waals surface area contributed by atoms with E-state index in [-0.39, 0.29) is 11.5 Å². The van der Waals surface area contributed by atoms with Crippen LogP contribution in [0, 0.1) is 5.41 Å². The molecule has 1 unspecified atom stereocenters. The Morgan fingerprint density at radius 3 is 2.52 bits per heavy atom. The topological polar surface area (TPSA) is 49.4 Å². The minimum atomic E-state index is -3.40. The molecule has 120 valence electrons. The van der Waals surface area contributed by atoms with Gasteiger partial charge >= 0.3 is 0 Å². The molecule has 1 aliphatic carbocycles. The quantitative estimate of drug-likeness (QED) is 0.872. The molecule has 2 rings (SSSR count). The zero-order chi connectivity index (χ0) is 15.8. The largest absolute Gasteiger partial charge is 0.309 e. The molecule has 1 heterocycles. The monoisotopic (exact) mass is 330 g/mol. The van der Waals surface area contributed by atoms with Crippen LogP contribution >= 0.6 is 11.3 Å². The van der Waals surface area contributed by atoms with Crippen LogP contribution in [-0.4, -0.2) is 31.9 Å². The molecular formula is C15H26N2O2S2. The van der Waals surface area contributed by atoms with E-state index in [0.29, 0.717) is 10.3 Å². The standard InChI is InChI=1S/C15H26N2O2S2/c1-11(15(2,3)4)17(5)21(18,19)14-9-8-13(20-14)10-16-12-6-7-12/h8-9,11-12,16H,6-7,10H2,1-5H3. The zero-order valence-corrected chi connectivity index (χ0v) is 15.1. The molecule has 0 aliphatic heterocycles. The van der Waals surface area contributed by atoms with Crippen LogP contribution in [0.25, 0.3) is 0 Å². The fourth-order valence-electron chi connectivity index (χ4n) is 2.02. The van der Waals surface area contributed by atoms with E-state index in [0.717, 1.165) is 11.4 Å². The molecule has 1 atom stereocenters. The van der Waals surface area contributed by atoms with Gasteiger partial charge in [0.1, 0.15) is 4.21 Å². The second-order valence-corrected chi connectivity index (χ2v) is 10.3. The number of sulfonamides is 1. The normalized spacial score (nSPS) is 18.2. The summed E-state index contributed by atoms with van der Waals surface area (Å²) in [6, 6.07) is 4.23. The van der Waals surface area contributed by atoms with Crippen molar-refractivity contribution in [3.8, 4) is 0 Å². The van der Waals surface area contributed by atoms with Gasteiger partial charge in [0.2, 0.25) is 0 Å². The predicted molar refractivity (Wildman–Crippen MR) is 88.0 cm³/mol. The fourth-order valence-corrected chi connectivity index (χ4v) is 5.06. The highest BCUT2D eigenvalue weighted by atomic mass is 32.2. The molecule has 0 radical (unpaired) electrons. The molecule has 1 N–H and O–H groups in total. The van der Waals surface area contributed by atoms with Crippen molar-refractivity contribution in [1.82, 2.24) is 9.62 Å². The minimum Gasteiger partial charge on any atom is -0.309 e. The smallest absolute Gasteiger partial charge is 0.252 e. The van der Waals surface area contributed by atoms with Crippen molar-refractivity contribution in [2.45, 2.75) is 63.4 Å². The van der Waals surface area contributed by atoms with Crippen molar-refractivity contribution in [3.05, 3.63) is 17.0 Å². The average Bonchev–Trinajstić information content (AvgIpc) is 3.09. The number of nitrogens with zero attached hydrogens (tertiary/aromatic N) is 1. The number of thiophene rings is 1. The molecule has 0 bridgehead atoms. The number of hydrogen-bond donors (Lipinski definition) is 1. The van der Waals surface area contributed by atoms with Crippen LogP contribution in [0.2, 0.25) is 0 Å². The van der Waals surface area contributed by atoms with Crippen molar-refractivity contribution in [3.63, 3.8) is 0 Å². The lowest BCUT2D eigenvalue weighted by Gasteiger charge is -2.34. The first-order valence-corrected chi connectivity index (χ1v) is 9.68. The van der Waals surface area contributed by atoms with E-state index in [2.05, 4.69) is 26.1 Å². The van der Waals surface area contributed by atoms with Crippen LogP contribution in [-0.2, 0) is 16.6 Å². The summed E-state index contributed by atoms with van der Waals surface area (Å²) in [5.41, 5.74) is -0.0879. The predicted octanol–water partition coefficient (Wildman–Crippen LogP) is 3.06. The van der Waals surface area contributed by atoms with Crippen molar-refractivity contribution >= 4 is 21.4 Å². The fraction of sp³-hybridized carbons (Fsp3) is 0.733. The summed E-state index contributed by atoms with van der Waals surface area (Å²) in [6.45, 7) is 8.90. The molecule has 21 heavy (non-hydrogen) atoms. The second-order valence-electron chi connectivity index (χ2n) is 6.94. The SMILES string of the molecule is CC(N(C)S(=O)(=O)c1ccc(CNC2CC2)s1)C(C)(C)C. The minimum absolute atomic E-state index is 0.0577. The van der Waals surface area contributed by atoms with Crippen LogP contribution in [0.1, 0.15) is 45.4 Å². The third-order valence-electron chi connectivity index (χ3n) is 4.21. The molecule has 0 aromatic carbocycles. The van der Waals surface area contributed by atoms with Gasteiger partial charge in [0.05, 0.1) is 0 Å². The molecule has 0 spiro atoms. The molecule has 1 aliphatic rings. The van der Waals surface area contributed by atoms with E-state index in [1.165, 1.54) is 28.5 Å². The summed E-state index contributed by atoms with van der Waals surface area (Å²) < 4.78 is 27.3. The van der Waals surface area contributed by atoms with Crippen molar-refractivity contribution < 1.29 is 8.42 Å². The zero-order valence-electron chi connectivity index (χ0n) is 13.5. The Hall–Kier alpha value is -0.430. The number of hydrogen-bond acceptors (Lipinski definition) is 4. The summed E-state index contributed by atoms with van der Waals surface area (Å²) in [4.78, 5) is 1.08. The lowest BCUT2D eigenvalue weighted by molar-refractivity contribution is 0.217. The van der Waals surface area contributed by atoms with Crippen LogP contribution in [0.3, 0.4) is 0 Å². The summed E-state index contributed by atoms with van der Waals surface area (Å²) >= 11 is 1.37. The highest BCUT2D eigenvalue weighted by molar-refractivity contribution is 7.91. The first kappa shape index (κ1) is 16.9. The lowest BCUT2D eigenvalue weighted by Crippen LogP contribution is -2.42. The average molecular weight is 331 g/mol. The van der Waals surface area contributed by atoms with E-state index in [1.807, 2.05) is 13.0 Å². The van der Waals surface area contributed by atoms with Crippen molar-refractivity contribution in [2.24, 2.45) is 5.41 Å². The summed E-state index contributed by atoms with van der Waals surface area (Å²) in [5.74, 6) is 0. The van der Waals surface area contributed by atoms with Crippen molar-refractivity contribution in [1.29, 1.82) is 0 Å². The van der Waals surface area contributed by atoms with Gasteiger partial charge in [0, 0.05) is 30.6 Å². The maximum Gasteiger partial charge on any atom is 0.252 e. The Labute approximate surface area is 132 Å². The van der Waals surface area contributed by atoms with E-state index in [4.69, 9.17) is 0 Å². The summed E-state index contributed by atoms with van der Waals surface area (Å²) in [5, 5.41) is 3.42. The van der Waals surface area contributed by atoms with Gasteiger partial charge < -0.3 is 5.32 Å². The molecule has 1 fully saturated rings. The Balaban J connectivity index is 2.11. The van der Waals surface area contributed by atoms with Crippen LogP contribution < -0.4 is 5.32 Å². The van der Waals surface area contributed by atoms with Gasteiger partial charge in [-0.25, -0.2) is 8.42 Å². The Bertz CT molecular complexity index is 583. The molecule has 0 saturated heterocycles. The van der Waals surface area contributed by atoms with Gasteiger partial charge in [-0.3, -0.25) is 0 Å². The van der Waals surface area contributed by atoms with Gasteiger partial charge in [-0.15, -0.1) is 11.3 Å². The van der Waals surface area contributed by atoms with Gasteiger partial charge in [0.25, 0.3) is 10.0 Å². The molecule has 1 aromatic rings. The maximum absolute atomic E-state index is 12.7. The van der Waals surface area contributed by atoms with E-state index < -0.39 is 10.0 Å². The highest BCUT2D eigenvalue weighted by Gasteiger charge is 2.33. The maximum atomic E-state index is 12.7. The first-order chi connectivity index (χ1) is 9.62. The third-order valence-corrected chi connectivity index (χ3v) is 7.69. The molecule has 1 aromatic heterocycles. The Morgan fingerprint density at radius 1 is 1.38 bits per heavy atom. The molecule has 4 nitrogen and oxygen atoms in total. The molecular weight excluding hydrogens is 304 g/mol. The van der Waals surface area contributed by atoms with Gasteiger partial charge in [-0.05, 0) is 37.3 Å². The summed E-state index contributed by atoms with van der Waals surface area (Å²) in [7, 11) is -1.73. The van der Waals surface area contributed by atoms with Crippen molar-refractivity contribution in [2.75, 3.05) is 7.05 Å². The Kier molecular flexibility index (Phi) is 4.83.